The van der Waals surface area contributed by atoms with Crippen molar-refractivity contribution >= 4 is 21.2 Å². The summed E-state index contributed by atoms with van der Waals surface area (Å²) in [7, 11) is 2.52. The fourth-order valence-electron chi connectivity index (χ4n) is 0.881. The molecule has 0 saturated heterocycles. The molecule has 0 aliphatic rings. The van der Waals surface area contributed by atoms with E-state index in [0.717, 1.165) is 6.54 Å². The van der Waals surface area contributed by atoms with Crippen LogP contribution in [0.2, 0.25) is 0 Å². The Balaban J connectivity index is 2.16. The van der Waals surface area contributed by atoms with Crippen molar-refractivity contribution in [1.29, 1.82) is 0 Å². The molecule has 0 aliphatic carbocycles. The molecule has 0 bridgehead atoms. The Morgan fingerprint density at radius 2 is 2.00 bits per heavy atom. The van der Waals surface area contributed by atoms with Crippen LogP contribution < -0.4 is 5.09 Å². The van der Waals surface area contributed by atoms with Gasteiger partial charge in [0.25, 0.3) is 0 Å². The van der Waals surface area contributed by atoms with Crippen LogP contribution in [0.5, 0.6) is 0 Å². The zero-order valence-electron chi connectivity index (χ0n) is 6.99. The molecule has 1 atom stereocenters. The molecule has 0 fully saturated rings. The molecule has 0 spiro atoms. The third-order valence-corrected chi connectivity index (χ3v) is 2.86. The fourth-order valence-corrected chi connectivity index (χ4v) is 1.96. The van der Waals surface area contributed by atoms with Crippen LogP contribution >= 0.6 is 21.2 Å². The first-order valence-corrected chi connectivity index (χ1v) is 5.61. The monoisotopic (exact) mass is 199 g/mol. The molecule has 0 saturated carbocycles. The Bertz CT molecular complexity index is 203. The number of hydrogen-bond acceptors (Lipinski definition) is 2. The summed E-state index contributed by atoms with van der Waals surface area (Å²) in [6.45, 7) is 1.07. The van der Waals surface area contributed by atoms with Crippen molar-refractivity contribution in [1.82, 2.24) is 5.09 Å². The average Bonchev–Trinajstić information content (AvgIpc) is 2.14. The molecule has 1 aromatic carbocycles. The number of hydrogen-bond donors (Lipinski definition) is 1. The predicted molar refractivity (Wildman–Crippen MR) is 59.5 cm³/mol. The minimum absolute atomic E-state index is 1.07. The predicted octanol–water partition coefficient (Wildman–Crippen LogP) is 2.55. The van der Waals surface area contributed by atoms with E-state index in [4.69, 9.17) is 0 Å². The Kier molecular flexibility index (Phi) is 5.42. The second-order valence-electron chi connectivity index (χ2n) is 2.47. The second-order valence-corrected chi connectivity index (χ2v) is 4.05. The lowest BCUT2D eigenvalue weighted by molar-refractivity contribution is 0.887. The van der Waals surface area contributed by atoms with E-state index in [-0.39, 0.29) is 0 Å². The molecule has 12 heavy (non-hydrogen) atoms. The summed E-state index contributed by atoms with van der Waals surface area (Å²) in [6, 6.07) is 10.5. The van der Waals surface area contributed by atoms with E-state index in [2.05, 4.69) is 38.7 Å². The maximum Gasteiger partial charge on any atom is 0.00719 e. The van der Waals surface area contributed by atoms with Gasteiger partial charge in [0.15, 0.2) is 0 Å². The summed E-state index contributed by atoms with van der Waals surface area (Å²) in [5, 5.41) is 3.06. The topological polar surface area (TPSA) is 12.0 Å². The van der Waals surface area contributed by atoms with Crippen LogP contribution in [0.25, 0.3) is 0 Å². The number of nitrogens with one attached hydrogen (secondary N) is 1. The summed E-state index contributed by atoms with van der Waals surface area (Å²) >= 11 is 1.91. The molecule has 1 rings (SSSR count). The van der Waals surface area contributed by atoms with Crippen LogP contribution in [0.3, 0.4) is 0 Å². The van der Waals surface area contributed by atoms with Gasteiger partial charge in [-0.05, 0) is 30.9 Å². The largest absolute Gasteiger partial charge is 0.301 e. The van der Waals surface area contributed by atoms with Gasteiger partial charge in [-0.1, -0.05) is 27.6 Å². The number of benzene rings is 1. The van der Waals surface area contributed by atoms with E-state index in [1.165, 1.54) is 17.1 Å². The van der Waals surface area contributed by atoms with Crippen LogP contribution in [-0.4, -0.2) is 12.3 Å². The standard InChI is InChI=1S/C9H14NPS/c11-10-7-4-8-12-9-5-2-1-3-6-9/h1-3,5-6,10H,4,7-8,11H2. The fraction of sp³-hybridized carbons (Fsp3) is 0.333. The molecule has 0 aromatic heterocycles. The molecular weight excluding hydrogens is 185 g/mol. The van der Waals surface area contributed by atoms with Crippen LogP contribution in [-0.2, 0) is 0 Å². The summed E-state index contributed by atoms with van der Waals surface area (Å²) in [4.78, 5) is 1.36. The molecule has 1 N–H and O–H groups in total. The highest BCUT2D eigenvalue weighted by Crippen LogP contribution is 2.17. The van der Waals surface area contributed by atoms with Gasteiger partial charge in [-0.15, -0.1) is 11.8 Å². The highest BCUT2D eigenvalue weighted by atomic mass is 32.2. The first-order chi connectivity index (χ1) is 5.93. The van der Waals surface area contributed by atoms with Gasteiger partial charge in [-0.25, -0.2) is 0 Å². The van der Waals surface area contributed by atoms with Gasteiger partial charge in [-0.3, -0.25) is 0 Å². The van der Waals surface area contributed by atoms with Gasteiger partial charge in [0, 0.05) is 4.90 Å². The van der Waals surface area contributed by atoms with Crippen molar-refractivity contribution < 1.29 is 0 Å². The van der Waals surface area contributed by atoms with Gasteiger partial charge in [-0.2, -0.15) is 0 Å². The van der Waals surface area contributed by atoms with E-state index >= 15 is 0 Å². The lowest BCUT2D eigenvalue weighted by Crippen LogP contribution is -2.00. The molecule has 1 nitrogen and oxygen atoms in total. The van der Waals surface area contributed by atoms with Gasteiger partial charge >= 0.3 is 0 Å². The molecule has 0 radical (unpaired) electrons. The first-order valence-electron chi connectivity index (χ1n) is 4.05. The molecule has 0 heterocycles. The van der Waals surface area contributed by atoms with Crippen molar-refractivity contribution in [3.8, 4) is 0 Å². The van der Waals surface area contributed by atoms with Crippen LogP contribution in [0.15, 0.2) is 35.2 Å². The molecule has 66 valence electrons. The highest BCUT2D eigenvalue weighted by molar-refractivity contribution is 7.99. The summed E-state index contributed by atoms with van der Waals surface area (Å²) in [5.41, 5.74) is 0. The summed E-state index contributed by atoms with van der Waals surface area (Å²) < 4.78 is 0. The smallest absolute Gasteiger partial charge is 0.00719 e. The maximum atomic E-state index is 3.06. The van der Waals surface area contributed by atoms with Crippen molar-refractivity contribution in [2.45, 2.75) is 11.3 Å². The SMILES string of the molecule is PNCCCSc1ccccc1. The molecule has 1 unspecified atom stereocenters. The third-order valence-electron chi connectivity index (χ3n) is 1.48. The van der Waals surface area contributed by atoms with Crippen molar-refractivity contribution in [3.63, 3.8) is 0 Å². The lowest BCUT2D eigenvalue weighted by Gasteiger charge is -2.00. The lowest BCUT2D eigenvalue weighted by atomic mass is 10.4. The molecular formula is C9H14NPS. The molecule has 0 aliphatic heterocycles. The highest BCUT2D eigenvalue weighted by Gasteiger charge is 1.90. The average molecular weight is 199 g/mol. The van der Waals surface area contributed by atoms with E-state index in [1.807, 2.05) is 17.8 Å². The zero-order chi connectivity index (χ0) is 8.65. The zero-order valence-corrected chi connectivity index (χ0v) is 8.96. The Labute approximate surface area is 80.6 Å². The maximum absolute atomic E-state index is 3.06. The van der Waals surface area contributed by atoms with E-state index < -0.39 is 0 Å². The molecule has 3 heteroatoms. The van der Waals surface area contributed by atoms with Gasteiger partial charge in [0.2, 0.25) is 0 Å². The van der Waals surface area contributed by atoms with Crippen LogP contribution in [0.1, 0.15) is 6.42 Å². The van der Waals surface area contributed by atoms with E-state index in [1.54, 1.807) is 0 Å². The summed E-state index contributed by atoms with van der Waals surface area (Å²) in [6.07, 6.45) is 1.21. The van der Waals surface area contributed by atoms with Crippen LogP contribution in [0, 0.1) is 0 Å². The van der Waals surface area contributed by atoms with Crippen molar-refractivity contribution in [2.75, 3.05) is 12.3 Å². The number of rotatable bonds is 5. The second kappa shape index (κ2) is 6.47. The third kappa shape index (κ3) is 4.10. The van der Waals surface area contributed by atoms with Crippen LogP contribution in [0.4, 0.5) is 0 Å². The van der Waals surface area contributed by atoms with Gasteiger partial charge in [0.1, 0.15) is 0 Å². The Morgan fingerprint density at radius 1 is 1.25 bits per heavy atom. The first kappa shape index (κ1) is 10.0. The van der Waals surface area contributed by atoms with Gasteiger partial charge < -0.3 is 5.09 Å². The molecule has 1 aromatic rings. The Morgan fingerprint density at radius 3 is 2.67 bits per heavy atom. The minimum atomic E-state index is 1.07. The minimum Gasteiger partial charge on any atom is -0.301 e. The summed E-state index contributed by atoms with van der Waals surface area (Å²) in [5.74, 6) is 1.19. The number of thioether (sulfide) groups is 1. The molecule has 0 amide bonds. The van der Waals surface area contributed by atoms with Gasteiger partial charge in [0.05, 0.1) is 0 Å². The van der Waals surface area contributed by atoms with E-state index in [0.29, 0.717) is 0 Å². The van der Waals surface area contributed by atoms with Crippen molar-refractivity contribution in [3.05, 3.63) is 30.3 Å². The quantitative estimate of drug-likeness (QED) is 0.444. The normalized spacial score (nSPS) is 10.1. The van der Waals surface area contributed by atoms with E-state index in [9.17, 15) is 0 Å². The Hall–Kier alpha value is -0.0400. The van der Waals surface area contributed by atoms with Crippen molar-refractivity contribution in [2.24, 2.45) is 0 Å².